The van der Waals surface area contributed by atoms with Crippen molar-refractivity contribution in [1.29, 1.82) is 0 Å². The third kappa shape index (κ3) is 3.48. The van der Waals surface area contributed by atoms with Crippen molar-refractivity contribution < 1.29 is 9.21 Å². The van der Waals surface area contributed by atoms with Crippen molar-refractivity contribution in [3.05, 3.63) is 60.3 Å². The number of hydrogen-bond acceptors (Lipinski definition) is 4. The van der Waals surface area contributed by atoms with Gasteiger partial charge in [0.2, 0.25) is 5.91 Å². The molecule has 1 atom stereocenters. The van der Waals surface area contributed by atoms with E-state index in [0.29, 0.717) is 11.6 Å². The number of benzene rings is 1. The van der Waals surface area contributed by atoms with E-state index < -0.39 is 0 Å². The molecule has 2 heterocycles. The van der Waals surface area contributed by atoms with E-state index in [-0.39, 0.29) is 18.5 Å². The van der Waals surface area contributed by atoms with Crippen molar-refractivity contribution in [2.45, 2.75) is 26.4 Å². The highest BCUT2D eigenvalue weighted by atomic mass is 16.3. The van der Waals surface area contributed by atoms with Crippen molar-refractivity contribution >= 4 is 5.91 Å². The minimum Gasteiger partial charge on any atom is -0.467 e. The Labute approximate surface area is 134 Å². The van der Waals surface area contributed by atoms with Crippen LogP contribution in [-0.4, -0.2) is 20.7 Å². The average Bonchev–Trinajstić information content (AvgIpc) is 3.18. The SMILES string of the molecule is Cc1nc(-c2ccccc2)n(CC(=O)N[C@@H](C)c2ccco2)n1. The Hall–Kier alpha value is -2.89. The molecule has 0 aliphatic carbocycles. The molecule has 2 aromatic heterocycles. The summed E-state index contributed by atoms with van der Waals surface area (Å²) in [5, 5.41) is 7.22. The zero-order valence-electron chi connectivity index (χ0n) is 13.1. The summed E-state index contributed by atoms with van der Waals surface area (Å²) in [6.07, 6.45) is 1.59. The smallest absolute Gasteiger partial charge is 0.242 e. The Kier molecular flexibility index (Phi) is 4.23. The molecule has 0 aliphatic rings. The lowest BCUT2D eigenvalue weighted by atomic mass is 10.2. The predicted octanol–water partition coefficient (Wildman–Crippen LogP) is 2.72. The standard InChI is InChI=1S/C17H18N4O2/c1-12(15-9-6-10-23-15)18-16(22)11-21-17(19-13(2)20-21)14-7-4-3-5-8-14/h3-10,12H,11H2,1-2H3,(H,18,22)/t12-/m0/s1. The number of rotatable bonds is 5. The third-order valence-electron chi connectivity index (χ3n) is 3.45. The molecule has 6 heteroatoms. The summed E-state index contributed by atoms with van der Waals surface area (Å²) in [7, 11) is 0. The minimum absolute atomic E-state index is 0.107. The molecule has 6 nitrogen and oxygen atoms in total. The van der Waals surface area contributed by atoms with Crippen LogP contribution in [0.4, 0.5) is 0 Å². The molecular weight excluding hydrogens is 292 g/mol. The molecular formula is C17H18N4O2. The molecule has 0 fully saturated rings. The highest BCUT2D eigenvalue weighted by molar-refractivity contribution is 5.76. The van der Waals surface area contributed by atoms with Gasteiger partial charge in [-0.25, -0.2) is 9.67 Å². The normalized spacial score (nSPS) is 12.1. The van der Waals surface area contributed by atoms with Crippen LogP contribution < -0.4 is 5.32 Å². The van der Waals surface area contributed by atoms with Gasteiger partial charge < -0.3 is 9.73 Å². The zero-order valence-corrected chi connectivity index (χ0v) is 13.1. The largest absolute Gasteiger partial charge is 0.467 e. The Morgan fingerprint density at radius 2 is 2.04 bits per heavy atom. The molecule has 0 saturated heterocycles. The lowest BCUT2D eigenvalue weighted by Crippen LogP contribution is -2.30. The summed E-state index contributed by atoms with van der Waals surface area (Å²) in [6, 6.07) is 13.1. The summed E-state index contributed by atoms with van der Waals surface area (Å²) in [5.74, 6) is 1.90. The van der Waals surface area contributed by atoms with Crippen LogP contribution in [0.1, 0.15) is 24.6 Å². The van der Waals surface area contributed by atoms with Crippen LogP contribution in [0, 0.1) is 6.92 Å². The molecule has 0 radical (unpaired) electrons. The van der Waals surface area contributed by atoms with Crippen molar-refractivity contribution in [1.82, 2.24) is 20.1 Å². The molecule has 118 valence electrons. The van der Waals surface area contributed by atoms with E-state index in [1.54, 1.807) is 17.0 Å². The summed E-state index contributed by atoms with van der Waals surface area (Å²) < 4.78 is 6.91. The number of amides is 1. The molecule has 0 unspecified atom stereocenters. The van der Waals surface area contributed by atoms with Crippen molar-refractivity contribution in [3.63, 3.8) is 0 Å². The summed E-state index contributed by atoms with van der Waals surface area (Å²) >= 11 is 0. The van der Waals surface area contributed by atoms with Crippen LogP contribution in [0.2, 0.25) is 0 Å². The average molecular weight is 310 g/mol. The second-order valence-corrected chi connectivity index (χ2v) is 5.31. The van der Waals surface area contributed by atoms with E-state index in [4.69, 9.17) is 4.42 Å². The number of carbonyl (C=O) groups is 1. The van der Waals surface area contributed by atoms with E-state index in [9.17, 15) is 4.79 Å². The van der Waals surface area contributed by atoms with Gasteiger partial charge in [0.1, 0.15) is 18.1 Å². The molecule has 3 aromatic rings. The number of hydrogen-bond donors (Lipinski definition) is 1. The Morgan fingerprint density at radius 3 is 2.74 bits per heavy atom. The molecule has 3 rings (SSSR count). The third-order valence-corrected chi connectivity index (χ3v) is 3.45. The molecule has 0 saturated carbocycles. The minimum atomic E-state index is -0.192. The first-order chi connectivity index (χ1) is 11.1. The van der Waals surface area contributed by atoms with Gasteiger partial charge >= 0.3 is 0 Å². The van der Waals surface area contributed by atoms with Crippen molar-refractivity contribution in [2.75, 3.05) is 0 Å². The lowest BCUT2D eigenvalue weighted by Gasteiger charge is -2.12. The monoisotopic (exact) mass is 310 g/mol. The van der Waals surface area contributed by atoms with Crippen molar-refractivity contribution in [3.8, 4) is 11.4 Å². The first kappa shape index (κ1) is 15.0. The Balaban J connectivity index is 1.74. The summed E-state index contributed by atoms with van der Waals surface area (Å²) in [5.41, 5.74) is 0.931. The second kappa shape index (κ2) is 6.48. The topological polar surface area (TPSA) is 73.0 Å². The van der Waals surface area contributed by atoms with E-state index in [1.165, 1.54) is 0 Å². The zero-order chi connectivity index (χ0) is 16.2. The van der Waals surface area contributed by atoms with E-state index >= 15 is 0 Å². The summed E-state index contributed by atoms with van der Waals surface area (Å²) in [4.78, 5) is 16.7. The fourth-order valence-corrected chi connectivity index (χ4v) is 2.40. The van der Waals surface area contributed by atoms with E-state index in [2.05, 4.69) is 15.4 Å². The Morgan fingerprint density at radius 1 is 1.26 bits per heavy atom. The number of nitrogens with zero attached hydrogens (tertiary/aromatic N) is 3. The number of aryl methyl sites for hydroxylation is 1. The first-order valence-electron chi connectivity index (χ1n) is 7.43. The number of nitrogens with one attached hydrogen (secondary N) is 1. The van der Waals surface area contributed by atoms with Crippen LogP contribution >= 0.6 is 0 Å². The van der Waals surface area contributed by atoms with Crippen LogP contribution in [0.5, 0.6) is 0 Å². The molecule has 0 bridgehead atoms. The highest BCUT2D eigenvalue weighted by Gasteiger charge is 2.16. The van der Waals surface area contributed by atoms with Gasteiger partial charge in [-0.1, -0.05) is 30.3 Å². The second-order valence-electron chi connectivity index (χ2n) is 5.31. The van der Waals surface area contributed by atoms with Gasteiger partial charge in [0.25, 0.3) is 0 Å². The first-order valence-corrected chi connectivity index (χ1v) is 7.43. The quantitative estimate of drug-likeness (QED) is 0.786. The van der Waals surface area contributed by atoms with Gasteiger partial charge in [-0.2, -0.15) is 5.10 Å². The van der Waals surface area contributed by atoms with Crippen LogP contribution in [-0.2, 0) is 11.3 Å². The maximum Gasteiger partial charge on any atom is 0.242 e. The molecule has 1 N–H and O–H groups in total. The molecule has 1 aromatic carbocycles. The van der Waals surface area contributed by atoms with E-state index in [1.807, 2.05) is 50.2 Å². The fourth-order valence-electron chi connectivity index (χ4n) is 2.40. The number of furan rings is 1. The maximum atomic E-state index is 12.3. The van der Waals surface area contributed by atoms with Crippen LogP contribution in [0.25, 0.3) is 11.4 Å². The van der Waals surface area contributed by atoms with E-state index in [0.717, 1.165) is 11.3 Å². The Bertz CT molecular complexity index is 778. The highest BCUT2D eigenvalue weighted by Crippen LogP contribution is 2.17. The van der Waals surface area contributed by atoms with Crippen LogP contribution in [0.3, 0.4) is 0 Å². The van der Waals surface area contributed by atoms with Gasteiger partial charge in [0, 0.05) is 5.56 Å². The molecule has 0 aliphatic heterocycles. The number of carbonyl (C=O) groups excluding carboxylic acids is 1. The van der Waals surface area contributed by atoms with Crippen LogP contribution in [0.15, 0.2) is 53.1 Å². The summed E-state index contributed by atoms with van der Waals surface area (Å²) in [6.45, 7) is 3.80. The predicted molar refractivity (Wildman–Crippen MR) is 85.5 cm³/mol. The van der Waals surface area contributed by atoms with Gasteiger partial charge in [0.05, 0.1) is 12.3 Å². The van der Waals surface area contributed by atoms with Gasteiger partial charge in [-0.05, 0) is 26.0 Å². The maximum absolute atomic E-state index is 12.3. The number of aromatic nitrogens is 3. The fraction of sp³-hybridized carbons (Fsp3) is 0.235. The molecule has 1 amide bonds. The van der Waals surface area contributed by atoms with Gasteiger partial charge in [-0.15, -0.1) is 0 Å². The molecule has 23 heavy (non-hydrogen) atoms. The van der Waals surface area contributed by atoms with Crippen molar-refractivity contribution in [2.24, 2.45) is 0 Å². The lowest BCUT2D eigenvalue weighted by molar-refractivity contribution is -0.122. The van der Waals surface area contributed by atoms with Gasteiger partial charge in [-0.3, -0.25) is 4.79 Å². The molecule has 0 spiro atoms. The van der Waals surface area contributed by atoms with Gasteiger partial charge in [0.15, 0.2) is 5.82 Å².